The van der Waals surface area contributed by atoms with Crippen molar-refractivity contribution in [2.45, 2.75) is 17.7 Å². The number of nitrogens with zero attached hydrogens (tertiary/aromatic N) is 2. The van der Waals surface area contributed by atoms with Crippen molar-refractivity contribution >= 4 is 15.5 Å². The lowest BCUT2D eigenvalue weighted by Gasteiger charge is -2.01. The minimum absolute atomic E-state index is 0.0345. The second kappa shape index (κ2) is 5.29. The van der Waals surface area contributed by atoms with E-state index in [9.17, 15) is 8.42 Å². The highest BCUT2D eigenvalue weighted by atomic mass is 32.2. The summed E-state index contributed by atoms with van der Waals surface area (Å²) in [6.45, 7) is 0. The molecule has 16 heavy (non-hydrogen) atoms. The van der Waals surface area contributed by atoms with E-state index in [2.05, 4.69) is 10.9 Å². The molecule has 1 aromatic carbocycles. The van der Waals surface area contributed by atoms with Crippen LogP contribution in [0, 0.1) is 17.7 Å². The van der Waals surface area contributed by atoms with Gasteiger partial charge in [0.25, 0.3) is 0 Å². The molecule has 0 aromatic heterocycles. The summed E-state index contributed by atoms with van der Waals surface area (Å²) in [5, 5.41) is 8.46. The number of unbranched alkanes of at least 4 members (excludes halogenated alkanes) is 1. The molecule has 0 saturated carbocycles. The normalized spacial score (nSPS) is 10.4. The number of sulfone groups is 1. The third-order valence-electron chi connectivity index (χ3n) is 2.05. The molecule has 0 spiro atoms. The molecule has 4 nitrogen and oxygen atoms in total. The predicted octanol–water partition coefficient (Wildman–Crippen LogP) is 2.36. The van der Waals surface area contributed by atoms with Crippen molar-refractivity contribution in [1.29, 1.82) is 5.39 Å². The smallest absolute Gasteiger partial charge is 0.224 e. The molecule has 0 fully saturated rings. The van der Waals surface area contributed by atoms with Crippen molar-refractivity contribution in [2.75, 3.05) is 5.75 Å². The first-order valence-corrected chi connectivity index (χ1v) is 6.37. The van der Waals surface area contributed by atoms with Crippen molar-refractivity contribution in [1.82, 2.24) is 0 Å². The van der Waals surface area contributed by atoms with Gasteiger partial charge in [-0.15, -0.1) is 12.3 Å². The lowest BCUT2D eigenvalue weighted by Crippen LogP contribution is -2.06. The largest absolute Gasteiger partial charge is 0.385 e. The molecule has 0 aliphatic rings. The average molecular weight is 235 g/mol. The number of rotatable bonds is 4. The van der Waals surface area contributed by atoms with Crippen molar-refractivity contribution < 1.29 is 8.42 Å². The Labute approximate surface area is 94.8 Å². The van der Waals surface area contributed by atoms with Gasteiger partial charge in [0.05, 0.1) is 10.6 Å². The number of hydrogen-bond donors (Lipinski definition) is 0. The first-order valence-electron chi connectivity index (χ1n) is 4.71. The SMILES string of the molecule is C#CCCCS(=O)(=O)c1ccc([N+]#N)cc1. The maximum atomic E-state index is 11.7. The summed E-state index contributed by atoms with van der Waals surface area (Å²) >= 11 is 0. The zero-order chi connectivity index (χ0) is 12.0. The molecule has 0 saturated heterocycles. The van der Waals surface area contributed by atoms with Crippen LogP contribution in [-0.2, 0) is 9.84 Å². The van der Waals surface area contributed by atoms with E-state index in [1.54, 1.807) is 0 Å². The highest BCUT2D eigenvalue weighted by Gasteiger charge is 2.15. The van der Waals surface area contributed by atoms with E-state index in [0.717, 1.165) is 0 Å². The number of benzene rings is 1. The first kappa shape index (κ1) is 12.2. The van der Waals surface area contributed by atoms with Gasteiger partial charge in [0.1, 0.15) is 0 Å². The van der Waals surface area contributed by atoms with Crippen LogP contribution < -0.4 is 0 Å². The second-order valence-electron chi connectivity index (χ2n) is 3.22. The first-order chi connectivity index (χ1) is 7.60. The van der Waals surface area contributed by atoms with Crippen LogP contribution in [0.4, 0.5) is 5.69 Å². The lowest BCUT2D eigenvalue weighted by molar-refractivity contribution is 0.594. The fourth-order valence-electron chi connectivity index (χ4n) is 1.20. The van der Waals surface area contributed by atoms with E-state index in [-0.39, 0.29) is 10.6 Å². The van der Waals surface area contributed by atoms with Gasteiger partial charge in [-0.25, -0.2) is 8.42 Å². The Morgan fingerprint density at radius 2 is 1.94 bits per heavy atom. The van der Waals surface area contributed by atoms with Crippen LogP contribution >= 0.6 is 0 Å². The second-order valence-corrected chi connectivity index (χ2v) is 5.33. The van der Waals surface area contributed by atoms with Crippen LogP contribution in [0.3, 0.4) is 0 Å². The quantitative estimate of drug-likeness (QED) is 0.457. The maximum absolute atomic E-state index is 11.7. The molecule has 82 valence electrons. The molecule has 0 aliphatic heterocycles. The van der Waals surface area contributed by atoms with Gasteiger partial charge in [-0.2, -0.15) is 0 Å². The number of terminal acetylenes is 1. The van der Waals surface area contributed by atoms with E-state index < -0.39 is 9.84 Å². The molecule has 0 N–H and O–H groups in total. The Hall–Kier alpha value is -1.85. The van der Waals surface area contributed by atoms with Crippen LogP contribution in [0.25, 0.3) is 4.98 Å². The molecular weight excluding hydrogens is 224 g/mol. The van der Waals surface area contributed by atoms with Gasteiger partial charge in [-0.05, 0) is 18.6 Å². The summed E-state index contributed by atoms with van der Waals surface area (Å²) in [7, 11) is -3.28. The molecule has 0 atom stereocenters. The summed E-state index contributed by atoms with van der Waals surface area (Å²) in [6, 6.07) is 5.71. The molecule has 0 radical (unpaired) electrons. The summed E-state index contributed by atoms with van der Waals surface area (Å²) in [5.74, 6) is 2.43. The summed E-state index contributed by atoms with van der Waals surface area (Å²) < 4.78 is 23.5. The topological polar surface area (TPSA) is 62.3 Å². The highest BCUT2D eigenvalue weighted by molar-refractivity contribution is 7.91. The van der Waals surface area contributed by atoms with Crippen LogP contribution in [0.5, 0.6) is 0 Å². The van der Waals surface area contributed by atoms with Gasteiger partial charge in [0.2, 0.25) is 5.39 Å². The van der Waals surface area contributed by atoms with Gasteiger partial charge >= 0.3 is 5.69 Å². The van der Waals surface area contributed by atoms with Gasteiger partial charge in [-0.1, -0.05) is 0 Å². The number of diazo groups is 1. The van der Waals surface area contributed by atoms with Crippen molar-refractivity contribution in [3.63, 3.8) is 0 Å². The Morgan fingerprint density at radius 1 is 1.31 bits per heavy atom. The van der Waals surface area contributed by atoms with E-state index in [1.807, 2.05) is 0 Å². The standard InChI is InChI=1S/C11H11N2O2S/c1-2-3-4-9-16(14,15)11-7-5-10(13-12)6-8-11/h1,5-8H,3-4,9H2/q+1. The average Bonchev–Trinajstić information content (AvgIpc) is 2.29. The molecule has 5 heteroatoms. The number of hydrogen-bond acceptors (Lipinski definition) is 3. The van der Waals surface area contributed by atoms with Crippen molar-refractivity contribution in [3.05, 3.63) is 29.2 Å². The summed E-state index contributed by atoms with van der Waals surface area (Å²) in [4.78, 5) is 3.17. The van der Waals surface area contributed by atoms with Crippen LogP contribution in [0.15, 0.2) is 29.2 Å². The fourth-order valence-corrected chi connectivity index (χ4v) is 2.51. The molecule has 1 aromatic rings. The van der Waals surface area contributed by atoms with Crippen molar-refractivity contribution in [2.24, 2.45) is 0 Å². The Balaban J connectivity index is 2.83. The maximum Gasteiger partial charge on any atom is 0.385 e. The summed E-state index contributed by atoms with van der Waals surface area (Å²) in [5.41, 5.74) is 0.322. The lowest BCUT2D eigenvalue weighted by atomic mass is 10.3. The third kappa shape index (κ3) is 3.08. The Bertz CT molecular complexity index is 533. The van der Waals surface area contributed by atoms with Crippen molar-refractivity contribution in [3.8, 4) is 12.3 Å². The zero-order valence-electron chi connectivity index (χ0n) is 8.63. The molecule has 0 heterocycles. The van der Waals surface area contributed by atoms with Gasteiger partial charge < -0.3 is 0 Å². The van der Waals surface area contributed by atoms with Crippen LogP contribution in [0.2, 0.25) is 0 Å². The Morgan fingerprint density at radius 3 is 2.44 bits per heavy atom. The predicted molar refractivity (Wildman–Crippen MR) is 61.3 cm³/mol. The van der Waals surface area contributed by atoms with E-state index in [0.29, 0.717) is 18.5 Å². The molecule has 0 aliphatic carbocycles. The molecule has 1 rings (SSSR count). The molecule has 0 unspecified atom stereocenters. The van der Waals surface area contributed by atoms with E-state index >= 15 is 0 Å². The Kier molecular flexibility index (Phi) is 4.04. The van der Waals surface area contributed by atoms with E-state index in [4.69, 9.17) is 11.8 Å². The van der Waals surface area contributed by atoms with Gasteiger partial charge in [-0.3, -0.25) is 0 Å². The molecule has 0 amide bonds. The minimum atomic E-state index is -3.28. The minimum Gasteiger partial charge on any atom is -0.224 e. The molecular formula is C11H11N2O2S+. The van der Waals surface area contributed by atoms with Gasteiger partial charge in [0, 0.05) is 18.6 Å². The van der Waals surface area contributed by atoms with Gasteiger partial charge in [0.15, 0.2) is 14.8 Å². The monoisotopic (exact) mass is 235 g/mol. The fraction of sp³-hybridized carbons (Fsp3) is 0.273. The van der Waals surface area contributed by atoms with Crippen LogP contribution in [-0.4, -0.2) is 14.2 Å². The van der Waals surface area contributed by atoms with E-state index in [1.165, 1.54) is 24.3 Å². The third-order valence-corrected chi connectivity index (χ3v) is 3.86. The summed E-state index contributed by atoms with van der Waals surface area (Å²) in [6.07, 6.45) is 5.95. The zero-order valence-corrected chi connectivity index (χ0v) is 9.44. The molecule has 0 bridgehead atoms. The van der Waals surface area contributed by atoms with Crippen LogP contribution in [0.1, 0.15) is 12.8 Å². The highest BCUT2D eigenvalue weighted by Crippen LogP contribution is 2.17.